The number of anilines is 1. The van der Waals surface area contributed by atoms with Crippen molar-refractivity contribution in [1.29, 1.82) is 5.41 Å². The van der Waals surface area contributed by atoms with Gasteiger partial charge in [-0.2, -0.15) is 0 Å². The summed E-state index contributed by atoms with van der Waals surface area (Å²) < 4.78 is 40.1. The Balaban J connectivity index is 0.00000141. The highest BCUT2D eigenvalue weighted by molar-refractivity contribution is 6.31. The Morgan fingerprint density at radius 1 is 1.02 bits per heavy atom. The van der Waals surface area contributed by atoms with Gasteiger partial charge in [-0.1, -0.05) is 57.5 Å². The zero-order valence-corrected chi connectivity index (χ0v) is 25.7. The highest BCUT2D eigenvalue weighted by Gasteiger charge is 2.44. The number of allylic oxidation sites excluding steroid dienone is 2. The van der Waals surface area contributed by atoms with E-state index >= 15 is 0 Å². The minimum absolute atomic E-state index is 0.0296. The van der Waals surface area contributed by atoms with Gasteiger partial charge in [-0.25, -0.2) is 8.78 Å². The quantitative estimate of drug-likeness (QED) is 0.163. The Bertz CT molecular complexity index is 1360. The number of nitrogens with zero attached hydrogens (tertiary/aromatic N) is 2. The standard InChI is InChI=1S/C29H28ClF2N3O2.2C2H6/c1-4-35-25-13-10-20(36-3)16-22(25)29(2,17-21-23(31)11-12-24(32)27(21)30)26(35)14-15-34-18-37-28(33)19-8-6-5-7-9-19;2*1-2/h5-16,33H,4,17-18H2,1-3H3;2*1-2H3/b26-14-,33-28?,34-15-;;. The van der Waals surface area contributed by atoms with Gasteiger partial charge in [0.1, 0.15) is 17.4 Å². The van der Waals surface area contributed by atoms with Gasteiger partial charge in [0.05, 0.1) is 12.1 Å². The maximum Gasteiger partial charge on any atom is 0.215 e. The first kappa shape index (κ1) is 33.5. The molecule has 3 aromatic carbocycles. The maximum atomic E-state index is 14.9. The van der Waals surface area contributed by atoms with Crippen molar-refractivity contribution >= 4 is 29.4 Å². The molecule has 0 fully saturated rings. The van der Waals surface area contributed by atoms with E-state index in [0.29, 0.717) is 17.9 Å². The predicted molar refractivity (Wildman–Crippen MR) is 167 cm³/mol. The molecular formula is C33H40ClF2N3O2. The lowest BCUT2D eigenvalue weighted by Gasteiger charge is -2.30. The molecule has 0 spiro atoms. The van der Waals surface area contributed by atoms with Crippen molar-refractivity contribution in [2.75, 3.05) is 25.3 Å². The predicted octanol–water partition coefficient (Wildman–Crippen LogP) is 8.97. The summed E-state index contributed by atoms with van der Waals surface area (Å²) in [6.45, 7) is 12.6. The van der Waals surface area contributed by atoms with Gasteiger partial charge in [0.25, 0.3) is 0 Å². The minimum atomic E-state index is -0.762. The molecule has 1 atom stereocenters. The molecule has 3 aromatic rings. The molecule has 0 aromatic heterocycles. The lowest BCUT2D eigenvalue weighted by Crippen LogP contribution is -2.31. The number of rotatable bonds is 8. The van der Waals surface area contributed by atoms with E-state index in [9.17, 15) is 8.78 Å². The smallest absolute Gasteiger partial charge is 0.215 e. The minimum Gasteiger partial charge on any atom is -0.497 e. The number of benzene rings is 3. The topological polar surface area (TPSA) is 57.9 Å². The molecule has 0 aliphatic carbocycles. The van der Waals surface area contributed by atoms with Crippen LogP contribution in [0.2, 0.25) is 5.02 Å². The summed E-state index contributed by atoms with van der Waals surface area (Å²) in [4.78, 5) is 6.42. The Labute approximate surface area is 248 Å². The van der Waals surface area contributed by atoms with Crippen molar-refractivity contribution in [2.45, 2.75) is 53.4 Å². The van der Waals surface area contributed by atoms with Gasteiger partial charge in [-0.05, 0) is 74.4 Å². The molecule has 1 heterocycles. The molecule has 1 unspecified atom stereocenters. The summed E-state index contributed by atoms with van der Waals surface area (Å²) in [5, 5.41) is 7.83. The van der Waals surface area contributed by atoms with E-state index < -0.39 is 17.0 Å². The number of ether oxygens (including phenoxy) is 2. The van der Waals surface area contributed by atoms with E-state index in [-0.39, 0.29) is 29.6 Å². The summed E-state index contributed by atoms with van der Waals surface area (Å²) in [5.41, 5.74) is 2.71. The summed E-state index contributed by atoms with van der Waals surface area (Å²) in [6, 6.07) is 17.0. The molecule has 4 rings (SSSR count). The first-order chi connectivity index (χ1) is 19.8. The van der Waals surface area contributed by atoms with Gasteiger partial charge < -0.3 is 14.4 Å². The second-order valence-electron chi connectivity index (χ2n) is 8.81. The van der Waals surface area contributed by atoms with Crippen molar-refractivity contribution in [2.24, 2.45) is 4.99 Å². The molecule has 8 heteroatoms. The number of halogens is 3. The van der Waals surface area contributed by atoms with Crippen LogP contribution in [-0.2, 0) is 16.6 Å². The fourth-order valence-electron chi connectivity index (χ4n) is 4.71. The molecule has 220 valence electrons. The van der Waals surface area contributed by atoms with Crippen LogP contribution in [0.1, 0.15) is 58.2 Å². The zero-order valence-electron chi connectivity index (χ0n) is 24.9. The first-order valence-corrected chi connectivity index (χ1v) is 14.2. The fraction of sp³-hybridized carbons (Fsp3) is 0.333. The van der Waals surface area contributed by atoms with E-state index in [1.807, 2.05) is 84.0 Å². The molecule has 5 nitrogen and oxygen atoms in total. The van der Waals surface area contributed by atoms with Crippen LogP contribution in [-0.4, -0.2) is 32.5 Å². The number of aliphatic imine (C=N–C) groups is 1. The lowest BCUT2D eigenvalue weighted by atomic mass is 9.76. The fourth-order valence-corrected chi connectivity index (χ4v) is 4.93. The summed E-state index contributed by atoms with van der Waals surface area (Å²) in [6.07, 6.45) is 3.58. The largest absolute Gasteiger partial charge is 0.497 e. The number of hydrogen-bond acceptors (Lipinski definition) is 5. The highest BCUT2D eigenvalue weighted by atomic mass is 35.5. The van der Waals surface area contributed by atoms with Crippen molar-refractivity contribution in [1.82, 2.24) is 0 Å². The molecule has 1 N–H and O–H groups in total. The second-order valence-corrected chi connectivity index (χ2v) is 9.19. The monoisotopic (exact) mass is 583 g/mol. The number of nitrogens with one attached hydrogen (secondary N) is 1. The number of fused-ring (bicyclic) bond motifs is 1. The SMILES string of the molecule is CC.CC.CCN1/C(=C\C=N/COC(=N)c2ccccc2)C(C)(Cc2c(F)ccc(F)c2Cl)c2cc(OC)ccc21. The van der Waals surface area contributed by atoms with Gasteiger partial charge in [0.15, 0.2) is 6.73 Å². The molecule has 0 radical (unpaired) electrons. The van der Waals surface area contributed by atoms with Crippen molar-refractivity contribution in [3.8, 4) is 5.75 Å². The van der Waals surface area contributed by atoms with Gasteiger partial charge in [0.2, 0.25) is 5.90 Å². The van der Waals surface area contributed by atoms with Crippen LogP contribution in [0.5, 0.6) is 5.75 Å². The van der Waals surface area contributed by atoms with Crippen LogP contribution in [0, 0.1) is 17.0 Å². The third kappa shape index (κ3) is 7.53. The van der Waals surface area contributed by atoms with Crippen LogP contribution in [0.3, 0.4) is 0 Å². The van der Waals surface area contributed by atoms with Gasteiger partial charge >= 0.3 is 0 Å². The molecule has 1 aliphatic rings. The first-order valence-electron chi connectivity index (χ1n) is 13.9. The average molecular weight is 584 g/mol. The second kappa shape index (κ2) is 15.9. The van der Waals surface area contributed by atoms with Gasteiger partial charge in [-0.3, -0.25) is 10.4 Å². The third-order valence-corrected chi connectivity index (χ3v) is 7.00. The summed E-state index contributed by atoms with van der Waals surface area (Å²) in [5.74, 6) is -0.535. The number of methoxy groups -OCH3 is 1. The van der Waals surface area contributed by atoms with Crippen molar-refractivity contribution in [3.05, 3.63) is 106 Å². The third-order valence-electron chi connectivity index (χ3n) is 6.59. The Morgan fingerprint density at radius 3 is 2.32 bits per heavy atom. The van der Waals surface area contributed by atoms with Crippen molar-refractivity contribution in [3.63, 3.8) is 0 Å². The van der Waals surface area contributed by atoms with E-state index in [2.05, 4.69) is 9.89 Å². The Morgan fingerprint density at radius 2 is 1.68 bits per heavy atom. The van der Waals surface area contributed by atoms with Crippen LogP contribution in [0.15, 0.2) is 77.4 Å². The molecule has 0 amide bonds. The van der Waals surface area contributed by atoms with E-state index in [0.717, 1.165) is 29.1 Å². The Hall–Kier alpha value is -3.71. The number of hydrogen-bond donors (Lipinski definition) is 1. The van der Waals surface area contributed by atoms with Crippen LogP contribution in [0.4, 0.5) is 14.5 Å². The molecule has 0 bridgehead atoms. The summed E-state index contributed by atoms with van der Waals surface area (Å²) >= 11 is 6.23. The molecular weight excluding hydrogens is 544 g/mol. The molecule has 41 heavy (non-hydrogen) atoms. The molecule has 1 aliphatic heterocycles. The zero-order chi connectivity index (χ0) is 30.6. The summed E-state index contributed by atoms with van der Waals surface area (Å²) in [7, 11) is 1.59. The van der Waals surface area contributed by atoms with Crippen molar-refractivity contribution < 1.29 is 18.3 Å². The van der Waals surface area contributed by atoms with E-state index in [1.54, 1.807) is 25.5 Å². The maximum absolute atomic E-state index is 14.9. The van der Waals surface area contributed by atoms with Crippen LogP contribution in [0.25, 0.3) is 0 Å². The van der Waals surface area contributed by atoms with Gasteiger partial charge in [0, 0.05) is 40.7 Å². The van der Waals surface area contributed by atoms with E-state index in [1.165, 1.54) is 0 Å². The molecule has 0 saturated carbocycles. The Kier molecular flexibility index (Phi) is 13.0. The highest BCUT2D eigenvalue weighted by Crippen LogP contribution is 2.51. The molecule has 0 saturated heterocycles. The van der Waals surface area contributed by atoms with Crippen LogP contribution >= 0.6 is 11.6 Å². The number of likely N-dealkylation sites (N-methyl/N-ethyl adjacent to an activating group) is 1. The van der Waals surface area contributed by atoms with Crippen LogP contribution < -0.4 is 9.64 Å². The van der Waals surface area contributed by atoms with Gasteiger partial charge in [-0.15, -0.1) is 0 Å². The normalized spacial score (nSPS) is 16.4. The average Bonchev–Trinajstić information content (AvgIpc) is 3.25. The lowest BCUT2D eigenvalue weighted by molar-refractivity contribution is 0.317. The van der Waals surface area contributed by atoms with E-state index in [4.69, 9.17) is 26.5 Å².